The van der Waals surface area contributed by atoms with E-state index in [1.165, 1.54) is 6.20 Å². The first kappa shape index (κ1) is 19.6. The van der Waals surface area contributed by atoms with Crippen molar-refractivity contribution in [2.45, 2.75) is 13.3 Å². The van der Waals surface area contributed by atoms with Crippen LogP contribution in [0.3, 0.4) is 0 Å². The summed E-state index contributed by atoms with van der Waals surface area (Å²) in [5.74, 6) is 0.599. The van der Waals surface area contributed by atoms with Crippen molar-refractivity contribution in [1.82, 2.24) is 19.9 Å². The lowest BCUT2D eigenvalue weighted by Gasteiger charge is -2.06. The predicted octanol–water partition coefficient (Wildman–Crippen LogP) is 3.16. The van der Waals surface area contributed by atoms with Gasteiger partial charge in [0, 0.05) is 31.9 Å². The minimum atomic E-state index is -0.502. The van der Waals surface area contributed by atoms with Gasteiger partial charge in [0.2, 0.25) is 0 Å². The Balaban J connectivity index is 1.64. The molecule has 3 rings (SSSR count). The molecule has 0 radical (unpaired) electrons. The number of pyridine rings is 1. The fourth-order valence-electron chi connectivity index (χ4n) is 2.74. The smallest absolute Gasteiger partial charge is 0.411 e. The van der Waals surface area contributed by atoms with E-state index in [9.17, 15) is 9.59 Å². The quantitative estimate of drug-likeness (QED) is 0.618. The molecule has 2 N–H and O–H groups in total. The van der Waals surface area contributed by atoms with E-state index in [2.05, 4.69) is 20.6 Å². The van der Waals surface area contributed by atoms with Crippen LogP contribution in [0.1, 0.15) is 23.1 Å². The van der Waals surface area contributed by atoms with Crippen LogP contribution in [0.15, 0.2) is 36.5 Å². The molecule has 0 atom stereocenters. The highest BCUT2D eigenvalue weighted by Gasteiger charge is 2.11. The average Bonchev–Trinajstić information content (AvgIpc) is 2.97. The van der Waals surface area contributed by atoms with Gasteiger partial charge in [-0.15, -0.1) is 0 Å². The molecule has 0 unspecified atom stereocenters. The average molecular weight is 402 g/mol. The highest BCUT2D eigenvalue weighted by atomic mass is 35.5. The summed E-state index contributed by atoms with van der Waals surface area (Å²) in [6.07, 6.45) is 1.49. The molecule has 0 spiro atoms. The number of carbonyl (C=O) groups is 2. The topological polar surface area (TPSA) is 98.1 Å². The molecule has 28 heavy (non-hydrogen) atoms. The third-order valence-electron chi connectivity index (χ3n) is 4.12. The predicted molar refractivity (Wildman–Crippen MR) is 107 cm³/mol. The molecule has 0 aliphatic heterocycles. The molecule has 2 aromatic heterocycles. The number of imidazole rings is 1. The van der Waals surface area contributed by atoms with Crippen LogP contribution in [0.4, 0.5) is 10.5 Å². The summed E-state index contributed by atoms with van der Waals surface area (Å²) in [5.41, 5.74) is 2.74. The summed E-state index contributed by atoms with van der Waals surface area (Å²) in [6.45, 7) is 2.47. The van der Waals surface area contributed by atoms with Gasteiger partial charge in [-0.3, -0.25) is 10.1 Å². The van der Waals surface area contributed by atoms with Crippen molar-refractivity contribution in [2.24, 2.45) is 7.05 Å². The lowest BCUT2D eigenvalue weighted by Crippen LogP contribution is -2.26. The number of nitrogens with one attached hydrogen (secondary N) is 2. The van der Waals surface area contributed by atoms with Crippen LogP contribution in [0.2, 0.25) is 5.15 Å². The molecule has 8 nitrogen and oxygen atoms in total. The van der Waals surface area contributed by atoms with E-state index in [4.69, 9.17) is 16.3 Å². The van der Waals surface area contributed by atoms with Crippen molar-refractivity contribution in [3.05, 3.63) is 53.1 Å². The number of halogens is 1. The second-order valence-electron chi connectivity index (χ2n) is 6.01. The van der Waals surface area contributed by atoms with Crippen molar-refractivity contribution >= 4 is 40.3 Å². The van der Waals surface area contributed by atoms with Crippen LogP contribution in [0.25, 0.3) is 11.0 Å². The summed E-state index contributed by atoms with van der Waals surface area (Å²) in [6, 6.07) is 8.65. The molecule has 2 heterocycles. The van der Waals surface area contributed by atoms with Gasteiger partial charge in [-0.2, -0.15) is 0 Å². The molecule has 9 heteroatoms. The van der Waals surface area contributed by atoms with E-state index < -0.39 is 6.09 Å². The second kappa shape index (κ2) is 8.71. The molecule has 1 aromatic carbocycles. The molecule has 0 fully saturated rings. The Morgan fingerprint density at radius 2 is 2.07 bits per heavy atom. The van der Waals surface area contributed by atoms with Gasteiger partial charge < -0.3 is 14.6 Å². The molecule has 0 saturated carbocycles. The zero-order chi connectivity index (χ0) is 20.1. The van der Waals surface area contributed by atoms with Gasteiger partial charge >= 0.3 is 6.09 Å². The van der Waals surface area contributed by atoms with Crippen molar-refractivity contribution in [3.63, 3.8) is 0 Å². The molecule has 2 amide bonds. The fourth-order valence-corrected chi connectivity index (χ4v) is 2.85. The van der Waals surface area contributed by atoms with Gasteiger partial charge in [0.15, 0.2) is 0 Å². The Kier molecular flexibility index (Phi) is 6.10. The number of fused-ring (bicyclic) bond motifs is 1. The van der Waals surface area contributed by atoms with Crippen LogP contribution in [0, 0.1) is 0 Å². The van der Waals surface area contributed by atoms with Gasteiger partial charge in [-0.25, -0.2) is 14.8 Å². The molecule has 3 aromatic rings. The van der Waals surface area contributed by atoms with Crippen molar-refractivity contribution in [2.75, 3.05) is 18.5 Å². The number of nitrogens with zero attached hydrogens (tertiary/aromatic N) is 3. The highest BCUT2D eigenvalue weighted by Crippen LogP contribution is 2.20. The maximum atomic E-state index is 12.1. The number of hydrogen-bond donors (Lipinski definition) is 2. The number of benzene rings is 1. The number of aromatic nitrogens is 3. The Labute approximate surface area is 166 Å². The standard InChI is InChI=1S/C19H20ClN5O3/c1-3-28-19(27)23-13-5-6-15-14(10-13)24-17(25(15)2)8-9-21-18(26)12-4-7-16(20)22-11-12/h4-7,10-11H,3,8-9H2,1-2H3,(H,21,26)(H,23,27). The van der Waals surface area contributed by atoms with Crippen molar-refractivity contribution < 1.29 is 14.3 Å². The van der Waals surface area contributed by atoms with Crippen LogP contribution < -0.4 is 10.6 Å². The van der Waals surface area contributed by atoms with Crippen LogP contribution >= 0.6 is 11.6 Å². The maximum Gasteiger partial charge on any atom is 0.411 e. The van der Waals surface area contributed by atoms with E-state index in [1.54, 1.807) is 31.2 Å². The Hall–Kier alpha value is -3.13. The number of aryl methyl sites for hydroxylation is 1. The SMILES string of the molecule is CCOC(=O)Nc1ccc2c(c1)nc(CCNC(=O)c1ccc(Cl)nc1)n2C. The minimum absolute atomic E-state index is 0.219. The van der Waals surface area contributed by atoms with Crippen LogP contribution in [-0.2, 0) is 18.2 Å². The van der Waals surface area contributed by atoms with E-state index in [1.807, 2.05) is 17.7 Å². The first-order valence-corrected chi connectivity index (χ1v) is 9.14. The third-order valence-corrected chi connectivity index (χ3v) is 4.34. The van der Waals surface area contributed by atoms with E-state index in [0.29, 0.717) is 36.0 Å². The van der Waals surface area contributed by atoms with Crippen molar-refractivity contribution in [1.29, 1.82) is 0 Å². The molecule has 0 aliphatic carbocycles. The van der Waals surface area contributed by atoms with Gasteiger partial charge in [-0.1, -0.05) is 11.6 Å². The third kappa shape index (κ3) is 4.58. The Bertz CT molecular complexity index is 1000. The Morgan fingerprint density at radius 1 is 1.25 bits per heavy atom. The largest absolute Gasteiger partial charge is 0.450 e. The molecule has 0 saturated heterocycles. The van der Waals surface area contributed by atoms with Gasteiger partial charge in [0.1, 0.15) is 11.0 Å². The summed E-state index contributed by atoms with van der Waals surface area (Å²) in [5, 5.41) is 5.84. The van der Waals surface area contributed by atoms with Gasteiger partial charge in [-0.05, 0) is 37.3 Å². The highest BCUT2D eigenvalue weighted by molar-refractivity contribution is 6.29. The summed E-state index contributed by atoms with van der Waals surface area (Å²) in [7, 11) is 1.91. The number of carbonyl (C=O) groups excluding carboxylic acids is 2. The first-order valence-electron chi connectivity index (χ1n) is 8.77. The summed E-state index contributed by atoms with van der Waals surface area (Å²) in [4.78, 5) is 32.2. The van der Waals surface area contributed by atoms with Crippen LogP contribution in [0.5, 0.6) is 0 Å². The summed E-state index contributed by atoms with van der Waals surface area (Å²) < 4.78 is 6.84. The van der Waals surface area contributed by atoms with Crippen molar-refractivity contribution in [3.8, 4) is 0 Å². The van der Waals surface area contributed by atoms with E-state index in [-0.39, 0.29) is 5.91 Å². The fraction of sp³-hybridized carbons (Fsp3) is 0.263. The van der Waals surface area contributed by atoms with Crippen LogP contribution in [-0.4, -0.2) is 39.7 Å². The summed E-state index contributed by atoms with van der Waals surface area (Å²) >= 11 is 5.73. The zero-order valence-electron chi connectivity index (χ0n) is 15.5. The zero-order valence-corrected chi connectivity index (χ0v) is 16.3. The first-order chi connectivity index (χ1) is 13.5. The molecule has 0 aliphatic rings. The Morgan fingerprint density at radius 3 is 2.79 bits per heavy atom. The minimum Gasteiger partial charge on any atom is -0.450 e. The lowest BCUT2D eigenvalue weighted by atomic mass is 10.2. The number of ether oxygens (including phenoxy) is 1. The van der Waals surface area contributed by atoms with Gasteiger partial charge in [0.25, 0.3) is 5.91 Å². The molecular formula is C19H20ClN5O3. The number of hydrogen-bond acceptors (Lipinski definition) is 5. The number of rotatable bonds is 6. The normalized spacial score (nSPS) is 10.7. The lowest BCUT2D eigenvalue weighted by molar-refractivity contribution is 0.0953. The van der Waals surface area contributed by atoms with E-state index in [0.717, 1.165) is 16.9 Å². The molecular weight excluding hydrogens is 382 g/mol. The van der Waals surface area contributed by atoms with Gasteiger partial charge in [0.05, 0.1) is 23.2 Å². The number of amides is 2. The molecule has 0 bridgehead atoms. The maximum absolute atomic E-state index is 12.1. The molecule has 146 valence electrons. The number of anilines is 1. The van der Waals surface area contributed by atoms with E-state index >= 15 is 0 Å². The second-order valence-corrected chi connectivity index (χ2v) is 6.40. The monoisotopic (exact) mass is 401 g/mol.